The van der Waals surface area contributed by atoms with Gasteiger partial charge in [0, 0.05) is 24.4 Å². The van der Waals surface area contributed by atoms with Crippen LogP contribution in [0.5, 0.6) is 0 Å². The summed E-state index contributed by atoms with van der Waals surface area (Å²) in [6.07, 6.45) is 4.98. The lowest BCUT2D eigenvalue weighted by molar-refractivity contribution is -0.131. The molecule has 1 saturated heterocycles. The van der Waals surface area contributed by atoms with Gasteiger partial charge in [0.05, 0.1) is 10.9 Å². The zero-order valence-corrected chi connectivity index (χ0v) is 18.2. The topological polar surface area (TPSA) is 46.3 Å². The molecule has 1 atom stereocenters. The molecule has 2 heterocycles. The van der Waals surface area contributed by atoms with Crippen LogP contribution in [0.2, 0.25) is 0 Å². The number of amides is 1. The minimum atomic E-state index is -0.0763. The average Bonchev–Trinajstić information content (AvgIpc) is 3.28. The second-order valence-electron chi connectivity index (χ2n) is 7.92. The average molecular weight is 421 g/mol. The van der Waals surface area contributed by atoms with E-state index in [1.54, 1.807) is 18.0 Å². The van der Waals surface area contributed by atoms with Crippen molar-refractivity contribution in [1.82, 2.24) is 9.88 Å². The maximum absolute atomic E-state index is 12.9. The number of nitrogens with zero attached hydrogens (tertiary/aromatic N) is 2. The first-order chi connectivity index (χ1) is 14.7. The molecule has 1 aliphatic heterocycles. The van der Waals surface area contributed by atoms with Crippen LogP contribution in [-0.2, 0) is 17.0 Å². The van der Waals surface area contributed by atoms with E-state index in [4.69, 9.17) is 4.42 Å². The lowest BCUT2D eigenvalue weighted by Gasteiger charge is -2.33. The Kier molecular flexibility index (Phi) is 6.90. The van der Waals surface area contributed by atoms with Gasteiger partial charge >= 0.3 is 0 Å². The third-order valence-corrected chi connectivity index (χ3v) is 6.86. The van der Waals surface area contributed by atoms with Gasteiger partial charge in [-0.1, -0.05) is 48.5 Å². The Hall–Kier alpha value is -2.53. The molecule has 1 amide bonds. The van der Waals surface area contributed by atoms with Crippen LogP contribution in [-0.4, -0.2) is 34.1 Å². The Balaban J connectivity index is 1.23. The number of hydrogen-bond acceptors (Lipinski definition) is 4. The number of hydrogen-bond donors (Lipinski definition) is 0. The number of likely N-dealkylation sites (tertiary alicyclic amines) is 1. The van der Waals surface area contributed by atoms with Crippen LogP contribution in [0.1, 0.15) is 31.0 Å². The summed E-state index contributed by atoms with van der Waals surface area (Å²) >= 11 is 1.63. The van der Waals surface area contributed by atoms with Crippen molar-refractivity contribution in [1.29, 1.82) is 0 Å². The molecule has 4 nitrogen and oxygen atoms in total. The highest BCUT2D eigenvalue weighted by Crippen LogP contribution is 2.26. The van der Waals surface area contributed by atoms with Crippen molar-refractivity contribution >= 4 is 17.7 Å². The highest BCUT2D eigenvalue weighted by Gasteiger charge is 2.26. The Labute approximate surface area is 182 Å². The zero-order valence-electron chi connectivity index (χ0n) is 17.4. The molecule has 156 valence electrons. The predicted molar refractivity (Wildman–Crippen MR) is 122 cm³/mol. The van der Waals surface area contributed by atoms with Crippen LogP contribution < -0.4 is 0 Å². The molecule has 1 aliphatic rings. The first kappa shape index (κ1) is 20.7. The summed E-state index contributed by atoms with van der Waals surface area (Å²) in [6.45, 7) is 3.73. The molecule has 1 unspecified atom stereocenters. The molecule has 1 aromatic heterocycles. The number of carbonyl (C=O) groups is 1. The van der Waals surface area contributed by atoms with E-state index in [0.717, 1.165) is 43.6 Å². The number of benzene rings is 2. The maximum Gasteiger partial charge on any atom is 0.235 e. The standard InChI is InChI=1S/C25H28N2O2S/c1-19(30-18-23-17-29-24(26-23)22-10-6-3-7-11-22)25(28)27-14-12-21(13-15-27)16-20-8-4-2-5-9-20/h2-11,17,19,21H,12-16,18H2,1H3. The molecule has 0 aliphatic carbocycles. The molecule has 0 bridgehead atoms. The first-order valence-corrected chi connectivity index (χ1v) is 11.7. The van der Waals surface area contributed by atoms with Gasteiger partial charge in [0.2, 0.25) is 11.8 Å². The van der Waals surface area contributed by atoms with E-state index in [1.165, 1.54) is 5.56 Å². The van der Waals surface area contributed by atoms with Crippen LogP contribution in [0.3, 0.4) is 0 Å². The molecule has 4 rings (SSSR count). The number of carbonyl (C=O) groups excluding carboxylic acids is 1. The zero-order chi connectivity index (χ0) is 20.8. The fourth-order valence-electron chi connectivity index (χ4n) is 3.93. The monoisotopic (exact) mass is 420 g/mol. The minimum Gasteiger partial charge on any atom is -0.444 e. The number of piperidine rings is 1. The van der Waals surface area contributed by atoms with Crippen molar-refractivity contribution < 1.29 is 9.21 Å². The molecule has 0 spiro atoms. The van der Waals surface area contributed by atoms with Gasteiger partial charge in [-0.05, 0) is 49.8 Å². The smallest absolute Gasteiger partial charge is 0.235 e. The SMILES string of the molecule is CC(SCc1coc(-c2ccccc2)n1)C(=O)N1CCC(Cc2ccccc2)CC1. The van der Waals surface area contributed by atoms with Gasteiger partial charge in [-0.3, -0.25) is 4.79 Å². The third-order valence-electron chi connectivity index (χ3n) is 5.69. The maximum atomic E-state index is 12.9. The summed E-state index contributed by atoms with van der Waals surface area (Å²) in [5.41, 5.74) is 3.24. The quantitative estimate of drug-likeness (QED) is 0.510. The molecule has 2 aromatic carbocycles. The summed E-state index contributed by atoms with van der Waals surface area (Å²) in [5, 5.41) is -0.0763. The van der Waals surface area contributed by atoms with Crippen LogP contribution in [0.4, 0.5) is 0 Å². The van der Waals surface area contributed by atoms with Gasteiger partial charge in [-0.25, -0.2) is 4.98 Å². The molecule has 30 heavy (non-hydrogen) atoms. The van der Waals surface area contributed by atoms with E-state index in [2.05, 4.69) is 35.3 Å². The van der Waals surface area contributed by atoms with Gasteiger partial charge in [0.15, 0.2) is 0 Å². The molecule has 0 radical (unpaired) electrons. The number of thioether (sulfide) groups is 1. The lowest BCUT2D eigenvalue weighted by Crippen LogP contribution is -2.42. The summed E-state index contributed by atoms with van der Waals surface area (Å²) in [7, 11) is 0. The van der Waals surface area contributed by atoms with E-state index < -0.39 is 0 Å². The molecular formula is C25H28N2O2S. The van der Waals surface area contributed by atoms with Crippen molar-refractivity contribution in [3.63, 3.8) is 0 Å². The van der Waals surface area contributed by atoms with Crippen LogP contribution >= 0.6 is 11.8 Å². The molecule has 3 aromatic rings. The van der Waals surface area contributed by atoms with Crippen LogP contribution in [0, 0.1) is 5.92 Å². The largest absolute Gasteiger partial charge is 0.444 e. The highest BCUT2D eigenvalue weighted by molar-refractivity contribution is 7.99. The van der Waals surface area contributed by atoms with Crippen molar-refractivity contribution in [3.05, 3.63) is 78.2 Å². The van der Waals surface area contributed by atoms with Crippen LogP contribution in [0.25, 0.3) is 11.5 Å². The highest BCUT2D eigenvalue weighted by atomic mass is 32.2. The predicted octanol–water partition coefficient (Wildman–Crippen LogP) is 5.44. The van der Waals surface area contributed by atoms with Gasteiger partial charge < -0.3 is 9.32 Å². The van der Waals surface area contributed by atoms with Crippen molar-refractivity contribution in [2.24, 2.45) is 5.92 Å². The molecule has 0 saturated carbocycles. The van der Waals surface area contributed by atoms with Gasteiger partial charge in [-0.2, -0.15) is 0 Å². The second-order valence-corrected chi connectivity index (χ2v) is 9.25. The fourth-order valence-corrected chi connectivity index (χ4v) is 4.78. The Morgan fingerprint density at radius 2 is 1.77 bits per heavy atom. The van der Waals surface area contributed by atoms with Gasteiger partial charge in [-0.15, -0.1) is 11.8 Å². The van der Waals surface area contributed by atoms with Crippen molar-refractivity contribution in [2.75, 3.05) is 13.1 Å². The number of rotatable bonds is 7. The van der Waals surface area contributed by atoms with Gasteiger partial charge in [0.25, 0.3) is 0 Å². The second kappa shape index (κ2) is 9.98. The number of oxazole rings is 1. The van der Waals surface area contributed by atoms with Crippen molar-refractivity contribution in [2.45, 2.75) is 37.2 Å². The third kappa shape index (κ3) is 5.33. The molecule has 5 heteroatoms. The lowest BCUT2D eigenvalue weighted by atomic mass is 9.90. The Bertz CT molecular complexity index is 934. The van der Waals surface area contributed by atoms with E-state index in [0.29, 0.717) is 17.6 Å². The summed E-state index contributed by atoms with van der Waals surface area (Å²) < 4.78 is 5.60. The van der Waals surface area contributed by atoms with Crippen molar-refractivity contribution in [3.8, 4) is 11.5 Å². The normalized spacial score (nSPS) is 15.8. The minimum absolute atomic E-state index is 0.0763. The fraction of sp³-hybridized carbons (Fsp3) is 0.360. The van der Waals surface area contributed by atoms with E-state index >= 15 is 0 Å². The molecule has 1 fully saturated rings. The van der Waals surface area contributed by atoms with Crippen LogP contribution in [0.15, 0.2) is 71.3 Å². The summed E-state index contributed by atoms with van der Waals surface area (Å²) in [6, 6.07) is 20.5. The van der Waals surface area contributed by atoms with E-state index in [9.17, 15) is 4.79 Å². The Morgan fingerprint density at radius 3 is 2.47 bits per heavy atom. The molecule has 0 N–H and O–H groups in total. The molecular weight excluding hydrogens is 392 g/mol. The number of aromatic nitrogens is 1. The van der Waals surface area contributed by atoms with Gasteiger partial charge in [0.1, 0.15) is 6.26 Å². The van der Waals surface area contributed by atoms with E-state index in [-0.39, 0.29) is 11.2 Å². The summed E-state index contributed by atoms with van der Waals surface area (Å²) in [4.78, 5) is 19.5. The van der Waals surface area contributed by atoms with E-state index in [1.807, 2.05) is 42.2 Å². The first-order valence-electron chi connectivity index (χ1n) is 10.6. The Morgan fingerprint density at radius 1 is 1.10 bits per heavy atom. The summed E-state index contributed by atoms with van der Waals surface area (Å²) in [5.74, 6) is 2.22.